The molecule has 2 N–H and O–H groups in total. The van der Waals surface area contributed by atoms with Gasteiger partial charge in [-0.3, -0.25) is 4.79 Å². The van der Waals surface area contributed by atoms with E-state index in [2.05, 4.69) is 5.32 Å². The highest BCUT2D eigenvalue weighted by atomic mass is 32.2. The second kappa shape index (κ2) is 8.68. The predicted molar refractivity (Wildman–Crippen MR) is 101 cm³/mol. The molecule has 0 bridgehead atoms. The Morgan fingerprint density at radius 1 is 1.15 bits per heavy atom. The van der Waals surface area contributed by atoms with Crippen LogP contribution in [0.15, 0.2) is 47.4 Å². The van der Waals surface area contributed by atoms with Crippen LogP contribution < -0.4 is 10.1 Å². The number of amides is 1. The van der Waals surface area contributed by atoms with Gasteiger partial charge in [-0.15, -0.1) is 0 Å². The van der Waals surface area contributed by atoms with E-state index in [1.165, 1.54) is 12.1 Å². The number of para-hydroxylation sites is 1. The monoisotopic (exact) mass is 391 g/mol. The van der Waals surface area contributed by atoms with Crippen LogP contribution >= 0.6 is 0 Å². The molecule has 0 aliphatic heterocycles. The number of carbonyl (C=O) groups is 2. The van der Waals surface area contributed by atoms with E-state index in [0.29, 0.717) is 13.0 Å². The first kappa shape index (κ1) is 20.4. The molecule has 0 spiro atoms. The molecule has 0 aliphatic carbocycles. The number of hydrogen-bond donors (Lipinski definition) is 2. The molecule has 7 nitrogen and oxygen atoms in total. The van der Waals surface area contributed by atoms with Crippen LogP contribution in [0.4, 0.5) is 5.69 Å². The van der Waals surface area contributed by atoms with E-state index in [1.54, 1.807) is 0 Å². The molecule has 2 aromatic carbocycles. The van der Waals surface area contributed by atoms with E-state index in [9.17, 15) is 18.0 Å². The molecule has 1 amide bonds. The molecule has 2 rings (SSSR count). The van der Waals surface area contributed by atoms with Crippen molar-refractivity contribution in [3.05, 3.63) is 53.6 Å². The Labute approximate surface area is 157 Å². The summed E-state index contributed by atoms with van der Waals surface area (Å²) in [5.74, 6) is -0.877. The molecule has 0 aliphatic rings. The summed E-state index contributed by atoms with van der Waals surface area (Å²) in [7, 11) is -3.61. The van der Waals surface area contributed by atoms with E-state index >= 15 is 0 Å². The first-order valence-corrected chi connectivity index (χ1v) is 10.1. The average Bonchev–Trinajstić information content (AvgIpc) is 2.59. The maximum atomic E-state index is 12.1. The summed E-state index contributed by atoms with van der Waals surface area (Å²) >= 11 is 0. The molecule has 144 valence electrons. The normalized spacial score (nSPS) is 11.0. The Balaban J connectivity index is 1.96. The van der Waals surface area contributed by atoms with Crippen LogP contribution in [0.5, 0.6) is 5.75 Å². The summed E-state index contributed by atoms with van der Waals surface area (Å²) in [6.07, 6.45) is 1.58. The van der Waals surface area contributed by atoms with Crippen molar-refractivity contribution in [1.29, 1.82) is 0 Å². The lowest BCUT2D eigenvalue weighted by atomic mass is 10.2. The number of ether oxygens (including phenoxy) is 1. The van der Waals surface area contributed by atoms with Crippen molar-refractivity contribution in [3.63, 3.8) is 0 Å². The quantitative estimate of drug-likeness (QED) is 0.670. The summed E-state index contributed by atoms with van der Waals surface area (Å²) in [5.41, 5.74) is 0.914. The van der Waals surface area contributed by atoms with Gasteiger partial charge in [0.25, 0.3) is 0 Å². The Morgan fingerprint density at radius 3 is 2.48 bits per heavy atom. The minimum Gasteiger partial charge on any atom is -0.493 e. The van der Waals surface area contributed by atoms with Crippen molar-refractivity contribution in [1.82, 2.24) is 0 Å². The highest BCUT2D eigenvalue weighted by molar-refractivity contribution is 7.90. The number of aryl methyl sites for hydroxylation is 1. The topological polar surface area (TPSA) is 110 Å². The number of benzene rings is 2. The van der Waals surface area contributed by atoms with Gasteiger partial charge in [-0.1, -0.05) is 18.2 Å². The molecule has 0 saturated heterocycles. The maximum absolute atomic E-state index is 12.1. The molecule has 27 heavy (non-hydrogen) atoms. The number of nitrogens with one attached hydrogen (secondary N) is 1. The molecule has 0 heterocycles. The molecule has 8 heteroatoms. The number of rotatable bonds is 8. The third-order valence-electron chi connectivity index (χ3n) is 3.76. The lowest BCUT2D eigenvalue weighted by molar-refractivity contribution is -0.116. The van der Waals surface area contributed by atoms with Gasteiger partial charge in [0.2, 0.25) is 5.91 Å². The summed E-state index contributed by atoms with van der Waals surface area (Å²) in [5, 5.41) is 11.7. The first-order valence-electron chi connectivity index (χ1n) is 8.23. The number of carboxylic acids is 1. The van der Waals surface area contributed by atoms with Crippen LogP contribution in [-0.2, 0) is 14.6 Å². The van der Waals surface area contributed by atoms with E-state index in [4.69, 9.17) is 9.84 Å². The van der Waals surface area contributed by atoms with Gasteiger partial charge in [0.15, 0.2) is 9.84 Å². The molecule has 0 unspecified atom stereocenters. The maximum Gasteiger partial charge on any atom is 0.335 e. The highest BCUT2D eigenvalue weighted by Gasteiger charge is 2.15. The predicted octanol–water partition coefficient (Wildman–Crippen LogP) is 2.89. The van der Waals surface area contributed by atoms with Crippen molar-refractivity contribution in [2.45, 2.75) is 24.7 Å². The minimum absolute atomic E-state index is 0.125. The molecular weight excluding hydrogens is 370 g/mol. The van der Waals surface area contributed by atoms with E-state index < -0.39 is 15.8 Å². The van der Waals surface area contributed by atoms with Crippen molar-refractivity contribution in [2.75, 3.05) is 18.2 Å². The van der Waals surface area contributed by atoms with Crippen molar-refractivity contribution in [2.24, 2.45) is 0 Å². The minimum atomic E-state index is -3.61. The van der Waals surface area contributed by atoms with Crippen LogP contribution in [-0.4, -0.2) is 38.3 Å². The number of carbonyl (C=O) groups excluding carboxylic acids is 1. The largest absolute Gasteiger partial charge is 0.493 e. The molecule has 0 atom stereocenters. The van der Waals surface area contributed by atoms with Gasteiger partial charge in [-0.25, -0.2) is 13.2 Å². The third kappa shape index (κ3) is 6.10. The van der Waals surface area contributed by atoms with Gasteiger partial charge in [-0.05, 0) is 43.2 Å². The molecule has 0 radical (unpaired) electrons. The fourth-order valence-corrected chi connectivity index (χ4v) is 3.05. The number of sulfone groups is 1. The van der Waals surface area contributed by atoms with Crippen molar-refractivity contribution in [3.8, 4) is 5.75 Å². The van der Waals surface area contributed by atoms with Gasteiger partial charge < -0.3 is 15.2 Å². The lowest BCUT2D eigenvalue weighted by Crippen LogP contribution is -2.14. The molecule has 0 aromatic heterocycles. The molecule has 0 saturated carbocycles. The van der Waals surface area contributed by atoms with Gasteiger partial charge in [-0.2, -0.15) is 0 Å². The van der Waals surface area contributed by atoms with E-state index in [1.807, 2.05) is 31.2 Å². The fraction of sp³-hybridized carbons (Fsp3) is 0.263. The Bertz CT molecular complexity index is 952. The van der Waals surface area contributed by atoms with Crippen LogP contribution in [0.1, 0.15) is 28.8 Å². The van der Waals surface area contributed by atoms with Gasteiger partial charge in [0.05, 0.1) is 17.1 Å². The SMILES string of the molecule is Cc1ccccc1OCCCC(=O)Nc1cc(C(=O)O)cc(S(C)(=O)=O)c1. The zero-order valence-electron chi connectivity index (χ0n) is 15.1. The third-order valence-corrected chi connectivity index (χ3v) is 4.86. The van der Waals surface area contributed by atoms with Crippen molar-refractivity contribution >= 4 is 27.4 Å². The lowest BCUT2D eigenvalue weighted by Gasteiger charge is -2.10. The standard InChI is InChI=1S/C19H21NO6S/c1-13-6-3-4-7-17(13)26-9-5-8-18(21)20-15-10-14(19(22)23)11-16(12-15)27(2,24)25/h3-4,6-7,10-12H,5,8-9H2,1-2H3,(H,20,21)(H,22,23). The number of anilines is 1. The fourth-order valence-electron chi connectivity index (χ4n) is 2.37. The number of aromatic carboxylic acids is 1. The highest BCUT2D eigenvalue weighted by Crippen LogP contribution is 2.20. The molecule has 2 aromatic rings. The summed E-state index contributed by atoms with van der Waals surface area (Å²) in [6, 6.07) is 11.1. The van der Waals surface area contributed by atoms with Gasteiger partial charge >= 0.3 is 5.97 Å². The van der Waals surface area contributed by atoms with E-state index in [-0.39, 0.29) is 28.5 Å². The molecule has 0 fully saturated rings. The number of carboxylic acid groups (broad SMARTS) is 1. The van der Waals surface area contributed by atoms with Gasteiger partial charge in [0.1, 0.15) is 5.75 Å². The Morgan fingerprint density at radius 2 is 1.85 bits per heavy atom. The zero-order chi connectivity index (χ0) is 20.0. The summed E-state index contributed by atoms with van der Waals surface area (Å²) in [6.45, 7) is 2.28. The van der Waals surface area contributed by atoms with Crippen LogP contribution in [0, 0.1) is 6.92 Å². The van der Waals surface area contributed by atoms with Crippen molar-refractivity contribution < 1.29 is 27.9 Å². The summed E-state index contributed by atoms with van der Waals surface area (Å²) in [4.78, 5) is 23.1. The zero-order valence-corrected chi connectivity index (χ0v) is 15.9. The average molecular weight is 391 g/mol. The second-order valence-corrected chi connectivity index (χ2v) is 8.10. The Hall–Kier alpha value is -2.87. The van der Waals surface area contributed by atoms with Crippen LogP contribution in [0.25, 0.3) is 0 Å². The van der Waals surface area contributed by atoms with Crippen LogP contribution in [0.3, 0.4) is 0 Å². The smallest absolute Gasteiger partial charge is 0.335 e. The first-order chi connectivity index (χ1) is 12.7. The summed E-state index contributed by atoms with van der Waals surface area (Å²) < 4.78 is 29.0. The molecular formula is C19H21NO6S. The second-order valence-electron chi connectivity index (χ2n) is 6.09. The van der Waals surface area contributed by atoms with E-state index in [0.717, 1.165) is 23.6 Å². The van der Waals surface area contributed by atoms with Gasteiger partial charge in [0, 0.05) is 18.4 Å². The Kier molecular flexibility index (Phi) is 6.57. The van der Waals surface area contributed by atoms with Crippen LogP contribution in [0.2, 0.25) is 0 Å². The number of hydrogen-bond acceptors (Lipinski definition) is 5.